The second-order valence-corrected chi connectivity index (χ2v) is 11.1. The van der Waals surface area contributed by atoms with Crippen LogP contribution in [-0.2, 0) is 9.53 Å². The molecule has 1 N–H and O–H groups in total. The number of ether oxygens (including phenoxy) is 1. The fraction of sp³-hybridized carbons (Fsp3) is 0.375. The fourth-order valence-corrected chi connectivity index (χ4v) is 5.93. The largest absolute Gasteiger partial charge is 0.479 e. The van der Waals surface area contributed by atoms with Gasteiger partial charge in [0.2, 0.25) is 0 Å². The van der Waals surface area contributed by atoms with Crippen molar-refractivity contribution in [3.8, 4) is 0 Å². The normalized spacial score (nSPS) is 18.9. The molecule has 1 fully saturated rings. The lowest BCUT2D eigenvalue weighted by Gasteiger charge is -2.35. The van der Waals surface area contributed by atoms with Crippen LogP contribution in [0.1, 0.15) is 50.4 Å². The summed E-state index contributed by atoms with van der Waals surface area (Å²) in [6.45, 7) is 5.44. The highest BCUT2D eigenvalue weighted by atomic mass is 79.9. The monoisotopic (exact) mass is 517 g/mol. The Bertz CT molecular complexity index is 1240. The van der Waals surface area contributed by atoms with Gasteiger partial charge in [-0.15, -0.1) is 11.3 Å². The molecular formula is C24H24BrNO5S. The Morgan fingerprint density at radius 3 is 2.44 bits per heavy atom. The lowest BCUT2D eigenvalue weighted by Crippen LogP contribution is -2.55. The number of thiophene rings is 1. The number of benzene rings is 2. The standard InChI is InChI=1S/C24H24BrNO5S/c1-23(2,3)31-22(30)26-10-4-9-24(26,21(28)29)13-18(27)14-5-7-16-17-8-6-15(25)12-20(17)32-19(16)11-14/h5-8,11-12H,4,9-10,13H2,1-3H3,(H,28,29). The van der Waals surface area contributed by atoms with E-state index in [1.165, 1.54) is 4.90 Å². The smallest absolute Gasteiger partial charge is 0.411 e. The number of nitrogens with zero attached hydrogens (tertiary/aromatic N) is 1. The van der Waals surface area contributed by atoms with E-state index < -0.39 is 23.2 Å². The molecule has 2 heterocycles. The van der Waals surface area contributed by atoms with Gasteiger partial charge in [0.05, 0.1) is 0 Å². The van der Waals surface area contributed by atoms with Crippen molar-refractivity contribution >= 4 is 65.3 Å². The molecule has 1 aliphatic heterocycles. The molecule has 0 bridgehead atoms. The average Bonchev–Trinajstić information content (AvgIpc) is 3.27. The van der Waals surface area contributed by atoms with Crippen LogP contribution in [0.15, 0.2) is 40.9 Å². The van der Waals surface area contributed by atoms with Gasteiger partial charge in [-0.2, -0.15) is 0 Å². The summed E-state index contributed by atoms with van der Waals surface area (Å²) in [6, 6.07) is 11.5. The number of aliphatic carboxylic acids is 1. The minimum absolute atomic E-state index is 0.215. The first-order valence-electron chi connectivity index (χ1n) is 10.4. The van der Waals surface area contributed by atoms with Crippen molar-refractivity contribution in [2.45, 2.75) is 51.2 Å². The van der Waals surface area contributed by atoms with Gasteiger partial charge in [0.15, 0.2) is 11.3 Å². The summed E-state index contributed by atoms with van der Waals surface area (Å²) in [6.07, 6.45) is -0.269. The van der Waals surface area contributed by atoms with Crippen molar-refractivity contribution in [3.05, 3.63) is 46.4 Å². The Morgan fingerprint density at radius 2 is 1.78 bits per heavy atom. The first-order valence-corrected chi connectivity index (χ1v) is 12.0. The molecule has 0 aliphatic carbocycles. The summed E-state index contributed by atoms with van der Waals surface area (Å²) >= 11 is 5.07. The van der Waals surface area contributed by atoms with Crippen LogP contribution < -0.4 is 0 Å². The molecule has 2 aromatic carbocycles. The predicted octanol–water partition coefficient (Wildman–Crippen LogP) is 6.24. The highest BCUT2D eigenvalue weighted by Crippen LogP contribution is 2.38. The minimum atomic E-state index is -1.60. The average molecular weight is 518 g/mol. The molecule has 1 aromatic heterocycles. The number of rotatable bonds is 4. The molecular weight excluding hydrogens is 494 g/mol. The van der Waals surface area contributed by atoms with Crippen molar-refractivity contribution in [3.63, 3.8) is 0 Å². The quantitative estimate of drug-likeness (QED) is 0.413. The lowest BCUT2D eigenvalue weighted by molar-refractivity contribution is -0.149. The molecule has 0 saturated carbocycles. The molecule has 1 amide bonds. The van der Waals surface area contributed by atoms with Crippen LogP contribution in [0.25, 0.3) is 20.2 Å². The summed E-state index contributed by atoms with van der Waals surface area (Å²) in [5, 5.41) is 12.2. The number of ketones is 1. The van der Waals surface area contributed by atoms with E-state index in [0.717, 1.165) is 24.6 Å². The number of carbonyl (C=O) groups is 3. The molecule has 168 valence electrons. The maximum atomic E-state index is 13.2. The van der Waals surface area contributed by atoms with Crippen LogP contribution in [0.5, 0.6) is 0 Å². The Balaban J connectivity index is 1.65. The molecule has 32 heavy (non-hydrogen) atoms. The summed E-state index contributed by atoms with van der Waals surface area (Å²) in [4.78, 5) is 39.5. The zero-order chi connectivity index (χ0) is 23.3. The molecule has 4 rings (SSSR count). The van der Waals surface area contributed by atoms with Crippen LogP contribution >= 0.6 is 27.3 Å². The molecule has 1 unspecified atom stereocenters. The van der Waals surface area contributed by atoms with Gasteiger partial charge in [-0.25, -0.2) is 9.59 Å². The first-order chi connectivity index (χ1) is 15.0. The number of hydrogen-bond acceptors (Lipinski definition) is 5. The van der Waals surface area contributed by atoms with E-state index >= 15 is 0 Å². The predicted molar refractivity (Wildman–Crippen MR) is 129 cm³/mol. The fourth-order valence-electron chi connectivity index (χ4n) is 4.24. The minimum Gasteiger partial charge on any atom is -0.479 e. The van der Waals surface area contributed by atoms with Gasteiger partial charge < -0.3 is 9.84 Å². The number of carboxylic acid groups (broad SMARTS) is 1. The van der Waals surface area contributed by atoms with Crippen molar-refractivity contribution in [1.82, 2.24) is 4.90 Å². The Hall–Kier alpha value is -2.45. The number of amides is 1. The van der Waals surface area contributed by atoms with Crippen molar-refractivity contribution in [2.75, 3.05) is 6.54 Å². The summed E-state index contributed by atoms with van der Waals surface area (Å²) in [5.74, 6) is -1.48. The zero-order valence-electron chi connectivity index (χ0n) is 18.1. The maximum absolute atomic E-state index is 13.2. The van der Waals surface area contributed by atoms with Gasteiger partial charge in [-0.05, 0) is 51.8 Å². The van der Waals surface area contributed by atoms with E-state index in [-0.39, 0.29) is 25.2 Å². The highest BCUT2D eigenvalue weighted by molar-refractivity contribution is 9.10. The van der Waals surface area contributed by atoms with E-state index in [1.807, 2.05) is 30.3 Å². The van der Waals surface area contributed by atoms with E-state index in [9.17, 15) is 19.5 Å². The number of likely N-dealkylation sites (tertiary alicyclic amines) is 1. The number of carbonyl (C=O) groups excluding carboxylic acids is 2. The number of halogens is 1. The summed E-state index contributed by atoms with van der Waals surface area (Å²) < 4.78 is 8.48. The Kier molecular flexibility index (Phi) is 5.79. The zero-order valence-corrected chi connectivity index (χ0v) is 20.5. The van der Waals surface area contributed by atoms with Gasteiger partial charge in [0, 0.05) is 43.2 Å². The molecule has 0 spiro atoms. The molecule has 1 aliphatic rings. The number of hydrogen-bond donors (Lipinski definition) is 1. The topological polar surface area (TPSA) is 83.9 Å². The van der Waals surface area contributed by atoms with E-state index in [4.69, 9.17) is 4.74 Å². The number of carboxylic acids is 1. The van der Waals surface area contributed by atoms with E-state index in [1.54, 1.807) is 38.2 Å². The number of Topliss-reactive ketones (excluding diaryl/α,β-unsaturated/α-hetero) is 1. The van der Waals surface area contributed by atoms with Crippen LogP contribution in [0.3, 0.4) is 0 Å². The maximum Gasteiger partial charge on any atom is 0.411 e. The second-order valence-electron chi connectivity index (χ2n) is 9.13. The van der Waals surface area contributed by atoms with Crippen LogP contribution in [0.2, 0.25) is 0 Å². The first kappa shape index (κ1) is 22.7. The Morgan fingerprint density at radius 1 is 1.12 bits per heavy atom. The SMILES string of the molecule is CC(C)(C)OC(=O)N1CCCC1(CC(=O)c1ccc2c(c1)sc1cc(Br)ccc12)C(=O)O. The van der Waals surface area contributed by atoms with Crippen LogP contribution in [-0.4, -0.2) is 45.5 Å². The van der Waals surface area contributed by atoms with Crippen molar-refractivity contribution in [1.29, 1.82) is 0 Å². The molecule has 6 nitrogen and oxygen atoms in total. The number of fused-ring (bicyclic) bond motifs is 3. The van der Waals surface area contributed by atoms with Gasteiger partial charge in [0.25, 0.3) is 0 Å². The van der Waals surface area contributed by atoms with Crippen molar-refractivity contribution in [2.24, 2.45) is 0 Å². The van der Waals surface area contributed by atoms with Gasteiger partial charge in [-0.3, -0.25) is 9.69 Å². The molecule has 1 atom stereocenters. The molecule has 8 heteroatoms. The molecule has 1 saturated heterocycles. The molecule has 0 radical (unpaired) electrons. The van der Waals surface area contributed by atoms with Crippen molar-refractivity contribution < 1.29 is 24.2 Å². The third-order valence-corrected chi connectivity index (χ3v) is 7.32. The summed E-state index contributed by atoms with van der Waals surface area (Å²) in [7, 11) is 0. The van der Waals surface area contributed by atoms with Gasteiger partial charge in [0.1, 0.15) is 5.60 Å². The van der Waals surface area contributed by atoms with E-state index in [0.29, 0.717) is 12.0 Å². The third kappa shape index (κ3) is 4.13. The molecule has 3 aromatic rings. The van der Waals surface area contributed by atoms with Crippen LogP contribution in [0, 0.1) is 0 Å². The highest BCUT2D eigenvalue weighted by Gasteiger charge is 2.52. The third-order valence-electron chi connectivity index (χ3n) is 5.71. The van der Waals surface area contributed by atoms with E-state index in [2.05, 4.69) is 15.9 Å². The van der Waals surface area contributed by atoms with Crippen LogP contribution in [0.4, 0.5) is 4.79 Å². The van der Waals surface area contributed by atoms with Gasteiger partial charge in [-0.1, -0.05) is 34.1 Å². The van der Waals surface area contributed by atoms with Gasteiger partial charge >= 0.3 is 12.1 Å². The lowest BCUT2D eigenvalue weighted by atomic mass is 9.87. The second kappa shape index (κ2) is 8.15. The Labute approximate surface area is 198 Å². The summed E-state index contributed by atoms with van der Waals surface area (Å²) in [5.41, 5.74) is -1.91.